The topological polar surface area (TPSA) is 31.0 Å². The Morgan fingerprint density at radius 1 is 0.562 bits per heavy atom. The molecule has 3 nitrogen and oxygen atoms in total. The van der Waals surface area contributed by atoms with Crippen LogP contribution in [-0.2, 0) is 0 Å². The van der Waals surface area contributed by atoms with Crippen LogP contribution in [0.25, 0.3) is 60.8 Å². The van der Waals surface area contributed by atoms with Gasteiger partial charge in [0.2, 0.25) is 0 Å². The lowest BCUT2D eigenvalue weighted by atomic mass is 10.0. The lowest BCUT2D eigenvalue weighted by Crippen LogP contribution is -1.97. The fourth-order valence-electron chi connectivity index (χ4n) is 4.75. The van der Waals surface area contributed by atoms with Gasteiger partial charge in [0, 0.05) is 21.8 Å². The number of rotatable bonds is 2. The predicted molar refractivity (Wildman–Crippen MR) is 131 cm³/mol. The van der Waals surface area contributed by atoms with Crippen molar-refractivity contribution in [3.63, 3.8) is 0 Å². The highest BCUT2D eigenvalue weighted by atomic mass is 16.3. The van der Waals surface area contributed by atoms with Gasteiger partial charge in [0.25, 0.3) is 0 Å². The van der Waals surface area contributed by atoms with E-state index < -0.39 is 0 Å². The number of aromatic nitrogens is 2. The van der Waals surface area contributed by atoms with Crippen molar-refractivity contribution >= 4 is 43.7 Å². The number of para-hydroxylation sites is 4. The molecule has 0 unspecified atom stereocenters. The number of hydrogen-bond acceptors (Lipinski definition) is 2. The summed E-state index contributed by atoms with van der Waals surface area (Å²) in [6.45, 7) is 0. The van der Waals surface area contributed by atoms with Gasteiger partial charge in [0.15, 0.2) is 0 Å². The fraction of sp³-hybridized carbons (Fsp3) is 0. The number of benzene rings is 5. The van der Waals surface area contributed by atoms with E-state index in [0.717, 1.165) is 55.4 Å². The summed E-state index contributed by atoms with van der Waals surface area (Å²) in [5.41, 5.74) is 5.90. The van der Waals surface area contributed by atoms with Crippen LogP contribution < -0.4 is 0 Å². The molecule has 150 valence electrons. The molecular weight excluding hydrogens is 392 g/mol. The smallest absolute Gasteiger partial charge is 0.149 e. The highest BCUT2D eigenvalue weighted by Crippen LogP contribution is 2.39. The van der Waals surface area contributed by atoms with Gasteiger partial charge in [0.05, 0.1) is 16.6 Å². The molecule has 2 aromatic heterocycles. The largest absolute Gasteiger partial charge is 0.455 e. The molecule has 0 bridgehead atoms. The average Bonchev–Trinajstić information content (AvgIpc) is 3.43. The first-order valence-electron chi connectivity index (χ1n) is 10.7. The van der Waals surface area contributed by atoms with Crippen molar-refractivity contribution in [1.82, 2.24) is 9.55 Å². The normalized spacial score (nSPS) is 11.8. The van der Waals surface area contributed by atoms with Gasteiger partial charge < -0.3 is 4.42 Å². The van der Waals surface area contributed by atoms with Gasteiger partial charge in [-0.15, -0.1) is 0 Å². The highest BCUT2D eigenvalue weighted by Gasteiger charge is 2.19. The van der Waals surface area contributed by atoms with Crippen molar-refractivity contribution in [2.24, 2.45) is 0 Å². The molecule has 0 atom stereocenters. The first-order valence-corrected chi connectivity index (χ1v) is 10.7. The third-order valence-corrected chi connectivity index (χ3v) is 6.21. The Hall–Kier alpha value is -4.37. The number of fused-ring (bicyclic) bond motifs is 6. The SMILES string of the molecule is c1ccc(-n2c(-c3cccc4c3oc3c5ccccc5ccc43)nc3ccccc32)cc1. The predicted octanol–water partition coefficient (Wildman–Crippen LogP) is 7.75. The van der Waals surface area contributed by atoms with E-state index in [-0.39, 0.29) is 0 Å². The molecule has 0 amide bonds. The summed E-state index contributed by atoms with van der Waals surface area (Å²) in [5.74, 6) is 0.881. The van der Waals surface area contributed by atoms with Crippen LogP contribution in [0.4, 0.5) is 0 Å². The summed E-state index contributed by atoms with van der Waals surface area (Å²) in [4.78, 5) is 5.04. The van der Waals surface area contributed by atoms with Crippen LogP contribution in [0, 0.1) is 0 Å². The maximum Gasteiger partial charge on any atom is 0.149 e. The lowest BCUT2D eigenvalue weighted by molar-refractivity contribution is 0.673. The third kappa shape index (κ3) is 2.39. The monoisotopic (exact) mass is 410 g/mol. The fourth-order valence-corrected chi connectivity index (χ4v) is 4.75. The van der Waals surface area contributed by atoms with Gasteiger partial charge in [-0.1, -0.05) is 72.8 Å². The van der Waals surface area contributed by atoms with Crippen molar-refractivity contribution in [2.45, 2.75) is 0 Å². The Bertz CT molecular complexity index is 1770. The summed E-state index contributed by atoms with van der Waals surface area (Å²) in [7, 11) is 0. The van der Waals surface area contributed by atoms with Crippen LogP contribution in [0.1, 0.15) is 0 Å². The molecule has 0 aliphatic heterocycles. The van der Waals surface area contributed by atoms with E-state index in [1.807, 2.05) is 12.1 Å². The molecular formula is C29H18N2O. The van der Waals surface area contributed by atoms with Crippen LogP contribution in [-0.4, -0.2) is 9.55 Å². The minimum atomic E-state index is 0.867. The van der Waals surface area contributed by atoms with Crippen molar-refractivity contribution in [2.75, 3.05) is 0 Å². The molecule has 0 radical (unpaired) electrons. The molecule has 32 heavy (non-hydrogen) atoms. The molecule has 2 heterocycles. The van der Waals surface area contributed by atoms with Gasteiger partial charge in [-0.25, -0.2) is 4.98 Å². The van der Waals surface area contributed by atoms with Crippen molar-refractivity contribution in [1.29, 1.82) is 0 Å². The van der Waals surface area contributed by atoms with Crippen LogP contribution >= 0.6 is 0 Å². The number of hydrogen-bond donors (Lipinski definition) is 0. The minimum Gasteiger partial charge on any atom is -0.455 e. The zero-order chi connectivity index (χ0) is 21.1. The molecule has 0 aliphatic rings. The first kappa shape index (κ1) is 17.3. The van der Waals surface area contributed by atoms with Crippen LogP contribution in [0.3, 0.4) is 0 Å². The van der Waals surface area contributed by atoms with Gasteiger partial charge in [-0.3, -0.25) is 4.57 Å². The van der Waals surface area contributed by atoms with Gasteiger partial charge in [0.1, 0.15) is 17.0 Å². The molecule has 5 aromatic carbocycles. The Balaban J connectivity index is 1.61. The molecule has 0 N–H and O–H groups in total. The standard InChI is InChI=1S/C29H18N2O/c1-2-10-20(11-3-1)31-26-16-7-6-15-25(26)30-29(31)24-14-8-13-22-23-18-17-19-9-4-5-12-21(19)27(23)32-28(22)24/h1-18H. The molecule has 7 aromatic rings. The zero-order valence-electron chi connectivity index (χ0n) is 17.2. The summed E-state index contributed by atoms with van der Waals surface area (Å²) < 4.78 is 8.80. The van der Waals surface area contributed by atoms with E-state index in [2.05, 4.69) is 102 Å². The summed E-state index contributed by atoms with van der Waals surface area (Å²) in [6, 6.07) is 37.7. The minimum absolute atomic E-state index is 0.867. The number of nitrogens with zero attached hydrogens (tertiary/aromatic N) is 2. The zero-order valence-corrected chi connectivity index (χ0v) is 17.2. The van der Waals surface area contributed by atoms with Crippen LogP contribution in [0.5, 0.6) is 0 Å². The second-order valence-electron chi connectivity index (χ2n) is 8.04. The Labute approximate surface area is 184 Å². The lowest BCUT2D eigenvalue weighted by Gasteiger charge is -2.09. The van der Waals surface area contributed by atoms with E-state index >= 15 is 0 Å². The van der Waals surface area contributed by atoms with E-state index in [4.69, 9.17) is 9.40 Å². The van der Waals surface area contributed by atoms with E-state index in [0.29, 0.717) is 0 Å². The van der Waals surface area contributed by atoms with Crippen molar-refractivity contribution in [3.8, 4) is 17.1 Å². The van der Waals surface area contributed by atoms with Crippen molar-refractivity contribution < 1.29 is 4.42 Å². The highest BCUT2D eigenvalue weighted by molar-refractivity contribution is 6.17. The maximum absolute atomic E-state index is 6.58. The van der Waals surface area contributed by atoms with Crippen LogP contribution in [0.15, 0.2) is 114 Å². The summed E-state index contributed by atoms with van der Waals surface area (Å²) in [5, 5.41) is 4.54. The Morgan fingerprint density at radius 2 is 1.31 bits per heavy atom. The van der Waals surface area contributed by atoms with Gasteiger partial charge >= 0.3 is 0 Å². The van der Waals surface area contributed by atoms with E-state index in [9.17, 15) is 0 Å². The molecule has 0 saturated heterocycles. The number of imidazole rings is 1. The molecule has 3 heteroatoms. The van der Waals surface area contributed by atoms with E-state index in [1.54, 1.807) is 0 Å². The summed E-state index contributed by atoms with van der Waals surface area (Å²) in [6.07, 6.45) is 0. The second-order valence-corrected chi connectivity index (χ2v) is 8.04. The Kier molecular flexibility index (Phi) is 3.55. The van der Waals surface area contributed by atoms with E-state index in [1.165, 1.54) is 5.39 Å². The molecule has 7 rings (SSSR count). The quantitative estimate of drug-likeness (QED) is 0.292. The van der Waals surface area contributed by atoms with Gasteiger partial charge in [-0.2, -0.15) is 0 Å². The Morgan fingerprint density at radius 3 is 2.25 bits per heavy atom. The first-order chi connectivity index (χ1) is 15.9. The third-order valence-electron chi connectivity index (χ3n) is 6.21. The maximum atomic E-state index is 6.58. The van der Waals surface area contributed by atoms with Gasteiger partial charge in [-0.05, 0) is 41.8 Å². The molecule has 0 fully saturated rings. The average molecular weight is 410 g/mol. The summed E-state index contributed by atoms with van der Waals surface area (Å²) >= 11 is 0. The van der Waals surface area contributed by atoms with Crippen molar-refractivity contribution in [3.05, 3.63) is 109 Å². The second kappa shape index (κ2) is 6.56. The number of furan rings is 1. The molecule has 0 spiro atoms. The molecule has 0 aliphatic carbocycles. The molecule has 0 saturated carbocycles. The van der Waals surface area contributed by atoms with Crippen LogP contribution in [0.2, 0.25) is 0 Å².